The van der Waals surface area contributed by atoms with Crippen molar-refractivity contribution in [2.24, 2.45) is 5.73 Å². The number of piperazine rings is 1. The number of carbonyl (C=O) groups is 2. The average Bonchev–Trinajstić information content (AvgIpc) is 2.63. The van der Waals surface area contributed by atoms with E-state index in [-0.39, 0.29) is 11.6 Å². The number of carbonyl (C=O) groups excluding carboxylic acids is 2. The van der Waals surface area contributed by atoms with Crippen LogP contribution in [-0.4, -0.2) is 54.4 Å². The molecule has 2 amide bonds. The number of pyridine rings is 1. The summed E-state index contributed by atoms with van der Waals surface area (Å²) in [6.45, 7) is 3.47. The Labute approximate surface area is 146 Å². The monoisotopic (exact) mass is 339 g/mol. The number of anilines is 2. The van der Waals surface area contributed by atoms with Crippen molar-refractivity contribution in [2.75, 3.05) is 42.9 Å². The highest BCUT2D eigenvalue weighted by Gasteiger charge is 2.20. The van der Waals surface area contributed by atoms with E-state index in [0.29, 0.717) is 6.54 Å². The van der Waals surface area contributed by atoms with E-state index in [4.69, 9.17) is 5.73 Å². The Morgan fingerprint density at radius 2 is 1.80 bits per heavy atom. The van der Waals surface area contributed by atoms with E-state index in [9.17, 15) is 9.59 Å². The second-order valence-corrected chi connectivity index (χ2v) is 5.94. The highest BCUT2D eigenvalue weighted by atomic mass is 16.2. The molecular formula is C18H21N5O2. The molecule has 1 fully saturated rings. The maximum Gasteiger partial charge on any atom is 0.267 e. The minimum Gasteiger partial charge on any atom is -0.369 e. The minimum atomic E-state index is -0.530. The van der Waals surface area contributed by atoms with Gasteiger partial charge in [0.2, 0.25) is 5.91 Å². The minimum absolute atomic E-state index is 0.0143. The third kappa shape index (κ3) is 4.54. The molecule has 0 bridgehead atoms. The number of para-hydroxylation sites is 1. The van der Waals surface area contributed by atoms with Gasteiger partial charge in [0, 0.05) is 43.8 Å². The lowest BCUT2D eigenvalue weighted by Crippen LogP contribution is -2.48. The molecule has 0 radical (unpaired) electrons. The van der Waals surface area contributed by atoms with Crippen LogP contribution in [0.5, 0.6) is 0 Å². The number of nitrogens with one attached hydrogen (secondary N) is 1. The molecular weight excluding hydrogens is 318 g/mol. The maximum absolute atomic E-state index is 12.1. The first-order chi connectivity index (χ1) is 12.1. The van der Waals surface area contributed by atoms with Gasteiger partial charge in [0.1, 0.15) is 5.69 Å². The van der Waals surface area contributed by atoms with Gasteiger partial charge in [-0.25, -0.2) is 0 Å². The van der Waals surface area contributed by atoms with Crippen molar-refractivity contribution < 1.29 is 9.59 Å². The zero-order valence-corrected chi connectivity index (χ0v) is 13.9. The first-order valence-electron chi connectivity index (χ1n) is 8.20. The second-order valence-electron chi connectivity index (χ2n) is 5.94. The molecule has 7 heteroatoms. The zero-order chi connectivity index (χ0) is 17.6. The molecule has 25 heavy (non-hydrogen) atoms. The van der Waals surface area contributed by atoms with Gasteiger partial charge in [-0.3, -0.25) is 19.5 Å². The molecule has 2 heterocycles. The van der Waals surface area contributed by atoms with Gasteiger partial charge in [0.05, 0.1) is 6.54 Å². The largest absolute Gasteiger partial charge is 0.369 e. The van der Waals surface area contributed by atoms with Crippen molar-refractivity contribution in [2.45, 2.75) is 0 Å². The molecule has 3 rings (SSSR count). The summed E-state index contributed by atoms with van der Waals surface area (Å²) in [5, 5.41) is 2.90. The molecule has 0 atom stereocenters. The summed E-state index contributed by atoms with van der Waals surface area (Å²) >= 11 is 0. The van der Waals surface area contributed by atoms with Crippen LogP contribution in [0.4, 0.5) is 11.4 Å². The molecule has 3 N–H and O–H groups in total. The van der Waals surface area contributed by atoms with Gasteiger partial charge in [-0.15, -0.1) is 0 Å². The van der Waals surface area contributed by atoms with E-state index < -0.39 is 5.91 Å². The molecule has 1 aromatic carbocycles. The number of hydrogen-bond acceptors (Lipinski definition) is 5. The Morgan fingerprint density at radius 1 is 1.08 bits per heavy atom. The summed E-state index contributed by atoms with van der Waals surface area (Å²) in [6.07, 6.45) is 1.59. The number of nitrogens with zero attached hydrogens (tertiary/aromatic N) is 3. The molecule has 1 aromatic heterocycles. The van der Waals surface area contributed by atoms with Crippen molar-refractivity contribution in [3.8, 4) is 0 Å². The Balaban J connectivity index is 1.51. The third-order valence-corrected chi connectivity index (χ3v) is 4.16. The number of aromatic nitrogens is 1. The number of rotatable bonds is 5. The second kappa shape index (κ2) is 7.76. The zero-order valence-electron chi connectivity index (χ0n) is 13.9. The lowest BCUT2D eigenvalue weighted by molar-refractivity contribution is -0.117. The topological polar surface area (TPSA) is 91.6 Å². The van der Waals surface area contributed by atoms with Gasteiger partial charge in [0.25, 0.3) is 5.91 Å². The summed E-state index contributed by atoms with van der Waals surface area (Å²) in [4.78, 5) is 31.6. The highest BCUT2D eigenvalue weighted by molar-refractivity contribution is 5.92. The van der Waals surface area contributed by atoms with Crippen LogP contribution in [0.3, 0.4) is 0 Å². The maximum atomic E-state index is 12.1. The number of primary amides is 1. The van der Waals surface area contributed by atoms with Crippen molar-refractivity contribution in [3.63, 3.8) is 0 Å². The molecule has 1 aliphatic rings. The Morgan fingerprint density at radius 3 is 2.48 bits per heavy atom. The summed E-state index contributed by atoms with van der Waals surface area (Å²) in [6, 6.07) is 13.0. The first-order valence-corrected chi connectivity index (χ1v) is 8.20. The fraction of sp³-hybridized carbons (Fsp3) is 0.278. The first kappa shape index (κ1) is 16.9. The third-order valence-electron chi connectivity index (χ3n) is 4.16. The fourth-order valence-electron chi connectivity index (χ4n) is 2.84. The highest BCUT2D eigenvalue weighted by Crippen LogP contribution is 2.16. The van der Waals surface area contributed by atoms with Gasteiger partial charge in [0.15, 0.2) is 0 Å². The smallest absolute Gasteiger partial charge is 0.267 e. The Hall–Kier alpha value is -2.93. The van der Waals surface area contributed by atoms with E-state index in [0.717, 1.165) is 37.6 Å². The van der Waals surface area contributed by atoms with Crippen molar-refractivity contribution in [1.82, 2.24) is 9.88 Å². The fourth-order valence-corrected chi connectivity index (χ4v) is 2.84. The van der Waals surface area contributed by atoms with Gasteiger partial charge >= 0.3 is 0 Å². The molecule has 7 nitrogen and oxygen atoms in total. The quantitative estimate of drug-likeness (QED) is 0.846. The van der Waals surface area contributed by atoms with Crippen LogP contribution in [-0.2, 0) is 4.79 Å². The standard InChI is InChI=1S/C18H21N5O2/c19-18(25)16-12-15(6-7-20-16)23-10-8-22(9-11-23)13-17(24)21-14-4-2-1-3-5-14/h1-7,12H,8-11,13H2,(H2,19,25)(H,21,24). The molecule has 2 aromatic rings. The summed E-state index contributed by atoms with van der Waals surface area (Å²) in [5.41, 5.74) is 7.28. The molecule has 1 saturated heterocycles. The van der Waals surface area contributed by atoms with Crippen LogP contribution < -0.4 is 16.0 Å². The van der Waals surface area contributed by atoms with E-state index in [1.54, 1.807) is 12.3 Å². The normalized spacial score (nSPS) is 15.0. The Bertz CT molecular complexity index is 742. The lowest BCUT2D eigenvalue weighted by atomic mass is 10.2. The van der Waals surface area contributed by atoms with Crippen LogP contribution in [0.25, 0.3) is 0 Å². The van der Waals surface area contributed by atoms with Crippen molar-refractivity contribution >= 4 is 23.2 Å². The van der Waals surface area contributed by atoms with Crippen LogP contribution in [0.2, 0.25) is 0 Å². The average molecular weight is 339 g/mol. The van der Waals surface area contributed by atoms with Gasteiger partial charge in [-0.05, 0) is 24.3 Å². The van der Waals surface area contributed by atoms with E-state index in [1.165, 1.54) is 0 Å². The SMILES string of the molecule is NC(=O)c1cc(N2CCN(CC(=O)Nc3ccccc3)CC2)ccn1. The summed E-state index contributed by atoms with van der Waals surface area (Å²) in [7, 11) is 0. The lowest BCUT2D eigenvalue weighted by Gasteiger charge is -2.35. The number of hydrogen-bond donors (Lipinski definition) is 2. The van der Waals surface area contributed by atoms with Gasteiger partial charge in [-0.2, -0.15) is 0 Å². The van der Waals surface area contributed by atoms with Gasteiger partial charge < -0.3 is 16.0 Å². The van der Waals surface area contributed by atoms with Gasteiger partial charge in [-0.1, -0.05) is 18.2 Å². The van der Waals surface area contributed by atoms with E-state index in [1.807, 2.05) is 36.4 Å². The number of benzene rings is 1. The number of nitrogens with two attached hydrogens (primary N) is 1. The Kier molecular flexibility index (Phi) is 5.25. The molecule has 1 aliphatic heterocycles. The van der Waals surface area contributed by atoms with E-state index in [2.05, 4.69) is 20.1 Å². The molecule has 0 unspecified atom stereocenters. The molecule has 0 aliphatic carbocycles. The van der Waals surface area contributed by atoms with Crippen LogP contribution in [0.15, 0.2) is 48.7 Å². The predicted octanol–water partition coefficient (Wildman–Crippen LogP) is 0.941. The van der Waals surface area contributed by atoms with Crippen LogP contribution in [0, 0.1) is 0 Å². The van der Waals surface area contributed by atoms with Crippen LogP contribution in [0.1, 0.15) is 10.5 Å². The van der Waals surface area contributed by atoms with Crippen molar-refractivity contribution in [1.29, 1.82) is 0 Å². The van der Waals surface area contributed by atoms with Crippen LogP contribution >= 0.6 is 0 Å². The number of amides is 2. The molecule has 0 spiro atoms. The summed E-state index contributed by atoms with van der Waals surface area (Å²) < 4.78 is 0. The summed E-state index contributed by atoms with van der Waals surface area (Å²) in [5.74, 6) is -0.544. The predicted molar refractivity (Wildman–Crippen MR) is 96.5 cm³/mol. The molecule has 0 saturated carbocycles. The van der Waals surface area contributed by atoms with E-state index >= 15 is 0 Å². The van der Waals surface area contributed by atoms with Crippen molar-refractivity contribution in [3.05, 3.63) is 54.4 Å². The molecule has 130 valence electrons.